The van der Waals surface area contributed by atoms with Crippen molar-refractivity contribution in [1.82, 2.24) is 4.90 Å². The van der Waals surface area contributed by atoms with E-state index in [1.54, 1.807) is 14.2 Å². The van der Waals surface area contributed by atoms with Crippen molar-refractivity contribution in [2.24, 2.45) is 0 Å². The maximum absolute atomic E-state index is 12.0. The van der Waals surface area contributed by atoms with Crippen molar-refractivity contribution in [3.05, 3.63) is 58.7 Å². The predicted molar refractivity (Wildman–Crippen MR) is 138 cm³/mol. The first-order chi connectivity index (χ1) is 15.9. The van der Waals surface area contributed by atoms with E-state index in [9.17, 15) is 4.79 Å². The van der Waals surface area contributed by atoms with Crippen LogP contribution in [-0.4, -0.2) is 45.5 Å². The topological polar surface area (TPSA) is 38.8 Å². The number of rotatable bonds is 15. The third-order valence-corrected chi connectivity index (χ3v) is 6.44. The predicted octanol–water partition coefficient (Wildman–Crippen LogP) is 6.41. The number of aryl methyl sites for hydroxylation is 1. The lowest BCUT2D eigenvalue weighted by atomic mass is 9.85. The smallest absolute Gasteiger partial charge is 0.160 e. The van der Waals surface area contributed by atoms with E-state index in [0.717, 1.165) is 56.6 Å². The zero-order chi connectivity index (χ0) is 24.2. The summed E-state index contributed by atoms with van der Waals surface area (Å²) in [6.07, 6.45) is 7.52. The van der Waals surface area contributed by atoms with Gasteiger partial charge in [-0.25, -0.2) is 0 Å². The maximum Gasteiger partial charge on any atom is 0.160 e. The highest BCUT2D eigenvalue weighted by molar-refractivity contribution is 5.63. The molecule has 0 bridgehead atoms. The van der Waals surface area contributed by atoms with Crippen LogP contribution < -0.4 is 9.47 Å². The number of unbranched alkanes of at least 4 members (excludes halogenated alkanes) is 1. The lowest BCUT2D eigenvalue weighted by molar-refractivity contribution is -0.109. The van der Waals surface area contributed by atoms with Gasteiger partial charge >= 0.3 is 0 Å². The molecule has 2 aromatic rings. The van der Waals surface area contributed by atoms with E-state index in [2.05, 4.69) is 57.0 Å². The summed E-state index contributed by atoms with van der Waals surface area (Å²) in [5.74, 6) is 1.93. The molecule has 1 atom stereocenters. The van der Waals surface area contributed by atoms with Gasteiger partial charge in [-0.2, -0.15) is 0 Å². The summed E-state index contributed by atoms with van der Waals surface area (Å²) in [5.41, 5.74) is 5.18. The highest BCUT2D eigenvalue weighted by Crippen LogP contribution is 2.30. The van der Waals surface area contributed by atoms with Gasteiger partial charge in [-0.05, 0) is 86.0 Å². The van der Waals surface area contributed by atoms with E-state index in [-0.39, 0.29) is 5.92 Å². The van der Waals surface area contributed by atoms with Crippen molar-refractivity contribution in [3.63, 3.8) is 0 Å². The molecular weight excluding hydrogens is 410 g/mol. The molecule has 0 saturated carbocycles. The second-order valence-electron chi connectivity index (χ2n) is 9.35. The molecule has 0 aliphatic heterocycles. The first kappa shape index (κ1) is 26.9. The maximum atomic E-state index is 12.0. The molecule has 1 unspecified atom stereocenters. The number of hydrogen-bond acceptors (Lipinski definition) is 4. The Morgan fingerprint density at radius 3 is 2.21 bits per heavy atom. The fraction of sp³-hybridized carbons (Fsp3) is 0.552. The molecule has 0 aromatic heterocycles. The van der Waals surface area contributed by atoms with Gasteiger partial charge in [0.15, 0.2) is 11.5 Å². The molecule has 0 aliphatic carbocycles. The van der Waals surface area contributed by atoms with Gasteiger partial charge in [-0.1, -0.05) is 51.5 Å². The monoisotopic (exact) mass is 453 g/mol. The Labute approximate surface area is 201 Å². The minimum Gasteiger partial charge on any atom is -0.493 e. The number of methoxy groups -OCH3 is 2. The third kappa shape index (κ3) is 8.19. The Kier molecular flexibility index (Phi) is 11.5. The fourth-order valence-electron chi connectivity index (χ4n) is 4.34. The van der Waals surface area contributed by atoms with Crippen LogP contribution in [0.4, 0.5) is 0 Å². The Hall–Kier alpha value is -2.33. The molecular formula is C29H43NO3. The molecule has 4 nitrogen and oxygen atoms in total. The molecule has 182 valence electrons. The molecule has 0 amide bonds. The van der Waals surface area contributed by atoms with Gasteiger partial charge in [0, 0.05) is 12.5 Å². The van der Waals surface area contributed by atoms with E-state index in [1.807, 2.05) is 12.1 Å². The highest BCUT2D eigenvalue weighted by atomic mass is 16.5. The number of aldehydes is 1. The SMILES string of the molecule is CCCCc1ccc(C(C=O)CCCN(C)CCc2ccc(OC)c(OC)c2)c(C(C)C)c1. The van der Waals surface area contributed by atoms with E-state index in [1.165, 1.54) is 35.1 Å². The molecule has 2 aromatic carbocycles. The van der Waals surface area contributed by atoms with Crippen LogP contribution in [-0.2, 0) is 17.6 Å². The van der Waals surface area contributed by atoms with Crippen molar-refractivity contribution in [2.45, 2.75) is 71.1 Å². The molecule has 0 heterocycles. The van der Waals surface area contributed by atoms with Gasteiger partial charge in [-0.3, -0.25) is 0 Å². The lowest BCUT2D eigenvalue weighted by Crippen LogP contribution is -2.23. The second-order valence-corrected chi connectivity index (χ2v) is 9.35. The number of carbonyl (C=O) groups is 1. The Morgan fingerprint density at radius 1 is 0.879 bits per heavy atom. The average molecular weight is 454 g/mol. The summed E-state index contributed by atoms with van der Waals surface area (Å²) in [6.45, 7) is 8.62. The molecule has 4 heteroatoms. The largest absolute Gasteiger partial charge is 0.493 e. The van der Waals surface area contributed by atoms with Gasteiger partial charge in [0.1, 0.15) is 6.29 Å². The molecule has 0 aliphatic rings. The van der Waals surface area contributed by atoms with Crippen LogP contribution in [0.25, 0.3) is 0 Å². The summed E-state index contributed by atoms with van der Waals surface area (Å²) < 4.78 is 10.7. The Balaban J connectivity index is 1.91. The van der Waals surface area contributed by atoms with Crippen molar-refractivity contribution in [2.75, 3.05) is 34.4 Å². The second kappa shape index (κ2) is 14.0. The molecule has 0 radical (unpaired) electrons. The Morgan fingerprint density at radius 2 is 1.58 bits per heavy atom. The third-order valence-electron chi connectivity index (χ3n) is 6.44. The summed E-state index contributed by atoms with van der Waals surface area (Å²) in [7, 11) is 5.47. The van der Waals surface area contributed by atoms with Crippen LogP contribution in [0.3, 0.4) is 0 Å². The molecule has 0 saturated heterocycles. The summed E-state index contributed by atoms with van der Waals surface area (Å²) in [4.78, 5) is 14.3. The van der Waals surface area contributed by atoms with Crippen LogP contribution in [0, 0.1) is 0 Å². The van der Waals surface area contributed by atoms with Crippen LogP contribution in [0.15, 0.2) is 36.4 Å². The quantitative estimate of drug-likeness (QED) is 0.292. The molecule has 0 N–H and O–H groups in total. The van der Waals surface area contributed by atoms with E-state index < -0.39 is 0 Å². The van der Waals surface area contributed by atoms with Gasteiger partial charge in [0.2, 0.25) is 0 Å². The minimum atomic E-state index is -0.0260. The Bertz CT molecular complexity index is 862. The van der Waals surface area contributed by atoms with E-state index >= 15 is 0 Å². The normalized spacial score (nSPS) is 12.2. The molecule has 2 rings (SSSR count). The zero-order valence-electron chi connectivity index (χ0n) is 21.5. The summed E-state index contributed by atoms with van der Waals surface area (Å²) in [5, 5.41) is 0. The highest BCUT2D eigenvalue weighted by Gasteiger charge is 2.17. The number of nitrogens with zero attached hydrogens (tertiary/aromatic N) is 1. The van der Waals surface area contributed by atoms with Crippen LogP contribution in [0.1, 0.15) is 80.5 Å². The first-order valence-electron chi connectivity index (χ1n) is 12.4. The van der Waals surface area contributed by atoms with Gasteiger partial charge in [0.25, 0.3) is 0 Å². The van der Waals surface area contributed by atoms with Crippen LogP contribution >= 0.6 is 0 Å². The number of likely N-dealkylation sites (N-methyl/N-ethyl adjacent to an activating group) is 1. The van der Waals surface area contributed by atoms with E-state index in [0.29, 0.717) is 5.92 Å². The summed E-state index contributed by atoms with van der Waals surface area (Å²) >= 11 is 0. The number of benzene rings is 2. The van der Waals surface area contributed by atoms with Crippen molar-refractivity contribution < 1.29 is 14.3 Å². The van der Waals surface area contributed by atoms with Crippen molar-refractivity contribution >= 4 is 6.29 Å². The number of ether oxygens (including phenoxy) is 2. The fourth-order valence-corrected chi connectivity index (χ4v) is 4.34. The van der Waals surface area contributed by atoms with E-state index in [4.69, 9.17) is 9.47 Å². The van der Waals surface area contributed by atoms with Crippen molar-refractivity contribution in [3.8, 4) is 11.5 Å². The standard InChI is InChI=1S/C29H43NO3/c1-7-8-10-23-12-14-26(27(19-23)22(2)3)25(21-31)11-9-17-30(4)18-16-24-13-15-28(32-5)29(20-24)33-6/h12-15,19-22,25H,7-11,16-18H2,1-6H3. The summed E-state index contributed by atoms with van der Waals surface area (Å²) in [6, 6.07) is 12.9. The number of carbonyl (C=O) groups excluding carboxylic acids is 1. The molecule has 0 fully saturated rings. The average Bonchev–Trinajstić information content (AvgIpc) is 2.83. The van der Waals surface area contributed by atoms with Gasteiger partial charge in [-0.15, -0.1) is 0 Å². The van der Waals surface area contributed by atoms with Crippen LogP contribution in [0.2, 0.25) is 0 Å². The lowest BCUT2D eigenvalue weighted by Gasteiger charge is -2.21. The minimum absolute atomic E-state index is 0.0260. The first-order valence-corrected chi connectivity index (χ1v) is 12.4. The molecule has 0 spiro atoms. The van der Waals surface area contributed by atoms with Gasteiger partial charge in [0.05, 0.1) is 14.2 Å². The van der Waals surface area contributed by atoms with Crippen LogP contribution in [0.5, 0.6) is 11.5 Å². The zero-order valence-corrected chi connectivity index (χ0v) is 21.5. The molecule has 33 heavy (non-hydrogen) atoms. The number of hydrogen-bond donors (Lipinski definition) is 0. The van der Waals surface area contributed by atoms with Gasteiger partial charge < -0.3 is 19.2 Å². The van der Waals surface area contributed by atoms with Crippen molar-refractivity contribution in [1.29, 1.82) is 0 Å².